The number of benzene rings is 2. The normalized spacial score (nSPS) is 30.2. The van der Waals surface area contributed by atoms with Crippen LogP contribution < -0.4 is 14.4 Å². The molecule has 1 saturated carbocycles. The van der Waals surface area contributed by atoms with Gasteiger partial charge in [-0.25, -0.2) is 9.29 Å². The Bertz CT molecular complexity index is 1690. The van der Waals surface area contributed by atoms with E-state index in [1.54, 1.807) is 6.08 Å². The summed E-state index contributed by atoms with van der Waals surface area (Å²) in [5.41, 5.74) is 0.827. The molecule has 11 nitrogen and oxygen atoms in total. The lowest BCUT2D eigenvalue weighted by molar-refractivity contribution is -0.142. The molecule has 6 atom stereocenters. The average Bonchev–Trinajstić information content (AvgIpc) is 3.35. The molecule has 4 amide bonds. The number of anilines is 1. The molecule has 2 aromatic rings. The van der Waals surface area contributed by atoms with E-state index in [1.165, 1.54) is 38.5 Å². The van der Waals surface area contributed by atoms with Crippen molar-refractivity contribution in [3.05, 3.63) is 59.4 Å². The number of ether oxygens (including phenoxy) is 2. The zero-order valence-corrected chi connectivity index (χ0v) is 26.2. The summed E-state index contributed by atoms with van der Waals surface area (Å²) >= 11 is 14.7. The number of aliphatic carboxylic acids is 1. The molecule has 46 heavy (non-hydrogen) atoms. The van der Waals surface area contributed by atoms with Gasteiger partial charge in [0.05, 0.1) is 31.7 Å². The fraction of sp³-hybridized carbons (Fsp3) is 0.406. The van der Waals surface area contributed by atoms with Crippen LogP contribution in [-0.4, -0.2) is 75.2 Å². The third-order valence-corrected chi connectivity index (χ3v) is 11.0. The van der Waals surface area contributed by atoms with Gasteiger partial charge < -0.3 is 19.7 Å². The van der Waals surface area contributed by atoms with Gasteiger partial charge in [-0.2, -0.15) is 0 Å². The third-order valence-electron chi connectivity index (χ3n) is 9.60. The van der Waals surface area contributed by atoms with E-state index in [-0.39, 0.29) is 60.7 Å². The van der Waals surface area contributed by atoms with Gasteiger partial charge in [-0.15, -0.1) is 23.2 Å². The molecule has 0 aromatic heterocycles. The molecular weight excluding hydrogens is 646 g/mol. The van der Waals surface area contributed by atoms with Crippen LogP contribution in [0.15, 0.2) is 48.0 Å². The molecule has 2 aliphatic heterocycles. The maximum Gasteiger partial charge on any atom is 0.303 e. The minimum absolute atomic E-state index is 0.0184. The van der Waals surface area contributed by atoms with Crippen molar-refractivity contribution in [2.45, 2.75) is 41.3 Å². The molecule has 6 rings (SSSR count). The zero-order valence-electron chi connectivity index (χ0n) is 24.7. The first kappa shape index (κ1) is 31.8. The van der Waals surface area contributed by atoms with Crippen molar-refractivity contribution < 1.29 is 48.0 Å². The SMILES string of the molecule is COc1cc(C2C3=CCC4C(=O)N(CCCC(=O)O)C(=O)C4C3CC3(Cl)C(=O)N(c4ccc(F)cc4)C(=O)C23Cl)cc(OC)c1O. The summed E-state index contributed by atoms with van der Waals surface area (Å²) in [4.78, 5) is 64.7. The molecule has 2 aromatic carbocycles. The summed E-state index contributed by atoms with van der Waals surface area (Å²) < 4.78 is 24.6. The molecular formula is C32H29Cl2FN2O9. The largest absolute Gasteiger partial charge is 0.502 e. The number of phenols is 1. The van der Waals surface area contributed by atoms with Gasteiger partial charge in [0.25, 0.3) is 11.8 Å². The van der Waals surface area contributed by atoms with E-state index < -0.39 is 68.8 Å². The molecule has 0 spiro atoms. The molecule has 4 aliphatic rings. The van der Waals surface area contributed by atoms with Crippen molar-refractivity contribution in [1.29, 1.82) is 0 Å². The van der Waals surface area contributed by atoms with Crippen LogP contribution >= 0.6 is 23.2 Å². The highest BCUT2D eigenvalue weighted by atomic mass is 35.5. The molecule has 6 unspecified atom stereocenters. The van der Waals surface area contributed by atoms with Gasteiger partial charge in [0, 0.05) is 18.9 Å². The van der Waals surface area contributed by atoms with Gasteiger partial charge in [0.15, 0.2) is 21.2 Å². The molecule has 14 heteroatoms. The van der Waals surface area contributed by atoms with Gasteiger partial charge >= 0.3 is 5.97 Å². The number of carboxylic acids is 1. The number of hydrogen-bond acceptors (Lipinski definition) is 8. The number of rotatable bonds is 8. The van der Waals surface area contributed by atoms with E-state index in [0.717, 1.165) is 21.9 Å². The summed E-state index contributed by atoms with van der Waals surface area (Å²) in [6.07, 6.45) is 1.41. The highest BCUT2D eigenvalue weighted by Gasteiger charge is 2.76. The molecule has 2 aliphatic carbocycles. The van der Waals surface area contributed by atoms with Crippen LogP contribution in [0.4, 0.5) is 10.1 Å². The topological polar surface area (TPSA) is 151 Å². The number of alkyl halides is 2. The number of carboxylic acid groups (broad SMARTS) is 1. The summed E-state index contributed by atoms with van der Waals surface area (Å²) in [5.74, 6) is -8.50. The van der Waals surface area contributed by atoms with Crippen LogP contribution in [0.25, 0.3) is 0 Å². The second-order valence-corrected chi connectivity index (χ2v) is 13.1. The van der Waals surface area contributed by atoms with Crippen molar-refractivity contribution in [3.63, 3.8) is 0 Å². The molecule has 242 valence electrons. The Balaban J connectivity index is 1.52. The third kappa shape index (κ3) is 4.40. The smallest absolute Gasteiger partial charge is 0.303 e. The molecule has 3 fully saturated rings. The second kappa shape index (κ2) is 11.3. The van der Waals surface area contributed by atoms with Gasteiger partial charge in [0.2, 0.25) is 17.6 Å². The summed E-state index contributed by atoms with van der Waals surface area (Å²) in [6, 6.07) is 7.56. The lowest BCUT2D eigenvalue weighted by Crippen LogP contribution is -2.60. The molecule has 0 radical (unpaired) electrons. The first-order valence-corrected chi connectivity index (χ1v) is 15.3. The maximum absolute atomic E-state index is 14.4. The molecule has 2 heterocycles. The summed E-state index contributed by atoms with van der Waals surface area (Å²) in [6.45, 7) is -0.0873. The van der Waals surface area contributed by atoms with Crippen molar-refractivity contribution >= 4 is 58.5 Å². The Morgan fingerprint density at radius 2 is 1.63 bits per heavy atom. The van der Waals surface area contributed by atoms with Crippen LogP contribution in [-0.2, 0) is 24.0 Å². The average molecular weight is 675 g/mol. The number of methoxy groups -OCH3 is 2. The maximum atomic E-state index is 14.4. The number of likely N-dealkylation sites (tertiary alicyclic amines) is 1. The number of halogens is 3. The van der Waals surface area contributed by atoms with Crippen LogP contribution in [0.5, 0.6) is 17.2 Å². The highest BCUT2D eigenvalue weighted by molar-refractivity contribution is 6.58. The first-order chi connectivity index (χ1) is 21.8. The number of phenolic OH excluding ortho intramolecular Hbond substituents is 1. The summed E-state index contributed by atoms with van der Waals surface area (Å²) in [5, 5.41) is 19.7. The van der Waals surface area contributed by atoms with Crippen LogP contribution in [0, 0.1) is 23.6 Å². The Labute approximate surface area is 272 Å². The quantitative estimate of drug-likeness (QED) is 0.241. The lowest BCUT2D eigenvalue weighted by Gasteiger charge is -2.50. The monoisotopic (exact) mass is 674 g/mol. The highest BCUT2D eigenvalue weighted by Crippen LogP contribution is 2.66. The minimum Gasteiger partial charge on any atom is -0.502 e. The van der Waals surface area contributed by atoms with Gasteiger partial charge in [-0.3, -0.25) is 28.9 Å². The second-order valence-electron chi connectivity index (χ2n) is 11.9. The van der Waals surface area contributed by atoms with E-state index in [2.05, 4.69) is 0 Å². The number of nitrogens with zero attached hydrogens (tertiary/aromatic N) is 2. The van der Waals surface area contributed by atoms with E-state index in [4.69, 9.17) is 37.8 Å². The van der Waals surface area contributed by atoms with Gasteiger partial charge in [-0.05, 0) is 67.1 Å². The number of fused-ring (bicyclic) bond motifs is 4. The Kier molecular flexibility index (Phi) is 7.79. The Morgan fingerprint density at radius 1 is 1.00 bits per heavy atom. The van der Waals surface area contributed by atoms with Crippen molar-refractivity contribution in [2.24, 2.45) is 17.8 Å². The first-order valence-electron chi connectivity index (χ1n) is 14.5. The zero-order chi connectivity index (χ0) is 33.3. The van der Waals surface area contributed by atoms with E-state index in [0.29, 0.717) is 5.57 Å². The fourth-order valence-corrected chi connectivity index (χ4v) is 8.46. The Hall–Kier alpha value is -4.16. The Morgan fingerprint density at radius 3 is 2.22 bits per heavy atom. The predicted molar refractivity (Wildman–Crippen MR) is 161 cm³/mol. The van der Waals surface area contributed by atoms with Crippen LogP contribution in [0.1, 0.15) is 37.2 Å². The number of hydrogen-bond donors (Lipinski definition) is 2. The number of amides is 4. The van der Waals surface area contributed by atoms with Gasteiger partial charge in [-0.1, -0.05) is 11.6 Å². The van der Waals surface area contributed by atoms with Crippen molar-refractivity contribution in [3.8, 4) is 17.2 Å². The van der Waals surface area contributed by atoms with Crippen molar-refractivity contribution in [1.82, 2.24) is 4.90 Å². The van der Waals surface area contributed by atoms with E-state index in [9.17, 15) is 33.5 Å². The number of allylic oxidation sites excluding steroid dienone is 2. The van der Waals surface area contributed by atoms with Gasteiger partial charge in [0.1, 0.15) is 5.82 Å². The minimum atomic E-state index is -2.19. The van der Waals surface area contributed by atoms with Crippen LogP contribution in [0.2, 0.25) is 0 Å². The number of carbonyl (C=O) groups is 5. The number of imide groups is 2. The number of carbonyl (C=O) groups excluding carboxylic acids is 4. The van der Waals surface area contributed by atoms with Crippen LogP contribution in [0.3, 0.4) is 0 Å². The standard InChI is InChI=1S/C32H29Cl2FN2O9/c1-45-21-12-15(13-22(46-2)26(21)40)25-18-9-10-19-24(28(42)36(27(19)41)11-3-4-23(38)39)20(18)14-31(33)29(43)37(30(44)32(25,31)34)17-7-5-16(35)6-8-17/h5-9,12-13,19-20,24-25,40H,3-4,10-11,14H2,1-2H3,(H,38,39). The van der Waals surface area contributed by atoms with Crippen molar-refractivity contribution in [2.75, 3.05) is 25.7 Å². The summed E-state index contributed by atoms with van der Waals surface area (Å²) in [7, 11) is 2.63. The predicted octanol–water partition coefficient (Wildman–Crippen LogP) is 3.98. The lowest BCUT2D eigenvalue weighted by atomic mass is 9.56. The fourth-order valence-electron chi connectivity index (χ4n) is 7.53. The van der Waals surface area contributed by atoms with E-state index in [1.807, 2.05) is 0 Å². The molecule has 2 N–H and O–H groups in total. The molecule has 0 bridgehead atoms. The van der Waals surface area contributed by atoms with E-state index >= 15 is 0 Å². The molecule has 2 saturated heterocycles. The number of aromatic hydroxyl groups is 1.